The minimum absolute atomic E-state index is 1.10. The first-order valence-corrected chi connectivity index (χ1v) is 10.8. The van der Waals surface area contributed by atoms with E-state index in [1.807, 2.05) is 0 Å². The summed E-state index contributed by atoms with van der Waals surface area (Å²) in [5, 5.41) is 0. The van der Waals surface area contributed by atoms with E-state index < -0.39 is 0 Å². The van der Waals surface area contributed by atoms with Gasteiger partial charge in [-0.3, -0.25) is 0 Å². The second-order valence-corrected chi connectivity index (χ2v) is 8.58. The summed E-state index contributed by atoms with van der Waals surface area (Å²) >= 11 is 0. The molecule has 2 aliphatic carbocycles. The summed E-state index contributed by atoms with van der Waals surface area (Å²) < 4.78 is 0. The van der Waals surface area contributed by atoms with Crippen molar-refractivity contribution >= 4 is 0 Å². The maximum absolute atomic E-state index is 2.33. The lowest BCUT2D eigenvalue weighted by atomic mass is 9.63. The highest BCUT2D eigenvalue weighted by Gasteiger charge is 2.34. The lowest BCUT2D eigenvalue weighted by Crippen LogP contribution is -2.31. The van der Waals surface area contributed by atoms with E-state index in [4.69, 9.17) is 0 Å². The van der Waals surface area contributed by atoms with Crippen molar-refractivity contribution in [2.45, 2.75) is 117 Å². The van der Waals surface area contributed by atoms with Crippen LogP contribution in [0.4, 0.5) is 0 Å². The molecular weight excluding hydrogens is 264 g/mol. The molecule has 0 aromatic rings. The SMILES string of the molecule is CCCCCCC[C@@H]1CC[C@@H]2CC(CCCCC)CCC2C1. The maximum atomic E-state index is 2.33. The summed E-state index contributed by atoms with van der Waals surface area (Å²) in [7, 11) is 0. The maximum Gasteiger partial charge on any atom is -0.0383 e. The third-order valence-corrected chi connectivity index (χ3v) is 6.76. The second-order valence-electron chi connectivity index (χ2n) is 8.58. The van der Waals surface area contributed by atoms with E-state index in [1.54, 1.807) is 44.9 Å². The molecule has 0 aromatic heterocycles. The van der Waals surface area contributed by atoms with Gasteiger partial charge in [-0.15, -0.1) is 0 Å². The Morgan fingerprint density at radius 3 is 1.55 bits per heavy atom. The molecule has 2 fully saturated rings. The highest BCUT2D eigenvalue weighted by atomic mass is 14.4. The Hall–Kier alpha value is 0. The second kappa shape index (κ2) is 10.7. The summed E-state index contributed by atoms with van der Waals surface area (Å²) in [6.07, 6.45) is 24.2. The van der Waals surface area contributed by atoms with Gasteiger partial charge in [-0.2, -0.15) is 0 Å². The molecule has 0 aliphatic heterocycles. The van der Waals surface area contributed by atoms with Crippen molar-refractivity contribution in [2.24, 2.45) is 23.7 Å². The third kappa shape index (κ3) is 6.25. The standard InChI is InChI=1S/C22H42/c1-3-5-7-8-10-12-20-14-16-21-17-19(11-9-6-4-2)13-15-22(21)18-20/h19-22H,3-18H2,1-2H3/t19?,20-,21-,22?/m1/s1. The van der Waals surface area contributed by atoms with Crippen LogP contribution in [-0.4, -0.2) is 0 Å². The topological polar surface area (TPSA) is 0 Å². The van der Waals surface area contributed by atoms with Crippen LogP contribution >= 0.6 is 0 Å². The number of hydrogen-bond acceptors (Lipinski definition) is 0. The van der Waals surface area contributed by atoms with E-state index in [-0.39, 0.29) is 0 Å². The molecule has 2 aliphatic rings. The average molecular weight is 307 g/mol. The van der Waals surface area contributed by atoms with E-state index >= 15 is 0 Å². The van der Waals surface area contributed by atoms with Crippen molar-refractivity contribution in [2.75, 3.05) is 0 Å². The van der Waals surface area contributed by atoms with E-state index in [9.17, 15) is 0 Å². The zero-order valence-corrected chi connectivity index (χ0v) is 15.6. The summed E-state index contributed by atoms with van der Waals surface area (Å²) in [4.78, 5) is 0. The van der Waals surface area contributed by atoms with E-state index in [2.05, 4.69) is 13.8 Å². The fourth-order valence-electron chi connectivity index (χ4n) is 5.33. The van der Waals surface area contributed by atoms with Gasteiger partial charge in [0.2, 0.25) is 0 Å². The fourth-order valence-corrected chi connectivity index (χ4v) is 5.33. The van der Waals surface area contributed by atoms with Crippen LogP contribution in [0.5, 0.6) is 0 Å². The minimum Gasteiger partial charge on any atom is -0.0654 e. The van der Waals surface area contributed by atoms with Crippen LogP contribution < -0.4 is 0 Å². The first kappa shape index (κ1) is 18.3. The molecule has 22 heavy (non-hydrogen) atoms. The van der Waals surface area contributed by atoms with E-state index in [0.29, 0.717) is 0 Å². The Bertz CT molecular complexity index is 269. The van der Waals surface area contributed by atoms with Crippen molar-refractivity contribution in [3.05, 3.63) is 0 Å². The Labute approximate surface area is 140 Å². The van der Waals surface area contributed by atoms with Crippen molar-refractivity contribution in [3.8, 4) is 0 Å². The Kier molecular flexibility index (Phi) is 8.93. The molecule has 0 nitrogen and oxygen atoms in total. The van der Waals surface area contributed by atoms with Crippen LogP contribution in [0, 0.1) is 23.7 Å². The van der Waals surface area contributed by atoms with Crippen LogP contribution in [0.3, 0.4) is 0 Å². The highest BCUT2D eigenvalue weighted by Crippen LogP contribution is 2.46. The van der Waals surface area contributed by atoms with Gasteiger partial charge in [0.25, 0.3) is 0 Å². The highest BCUT2D eigenvalue weighted by molar-refractivity contribution is 4.86. The van der Waals surface area contributed by atoms with Crippen molar-refractivity contribution in [1.29, 1.82) is 0 Å². The predicted octanol–water partition coefficient (Wildman–Crippen LogP) is 7.76. The molecule has 130 valence electrons. The molecule has 2 unspecified atom stereocenters. The average Bonchev–Trinajstić information content (AvgIpc) is 2.55. The van der Waals surface area contributed by atoms with Crippen molar-refractivity contribution in [1.82, 2.24) is 0 Å². The van der Waals surface area contributed by atoms with Gasteiger partial charge in [0, 0.05) is 0 Å². The molecule has 0 bridgehead atoms. The summed E-state index contributed by atoms with van der Waals surface area (Å²) in [6, 6.07) is 0. The van der Waals surface area contributed by atoms with Gasteiger partial charge in [0.1, 0.15) is 0 Å². The molecule has 2 rings (SSSR count). The van der Waals surface area contributed by atoms with E-state index in [0.717, 1.165) is 23.7 Å². The molecule has 0 N–H and O–H groups in total. The molecule has 0 heterocycles. The quantitative estimate of drug-likeness (QED) is 0.362. The van der Waals surface area contributed by atoms with Gasteiger partial charge in [-0.05, 0) is 49.4 Å². The molecule has 0 radical (unpaired) electrons. The van der Waals surface area contributed by atoms with Gasteiger partial charge in [0.05, 0.1) is 0 Å². The van der Waals surface area contributed by atoms with Gasteiger partial charge in [0.15, 0.2) is 0 Å². The molecule has 0 saturated heterocycles. The zero-order valence-electron chi connectivity index (χ0n) is 15.6. The molecule has 4 atom stereocenters. The molecule has 0 spiro atoms. The largest absolute Gasteiger partial charge is 0.0654 e. The van der Waals surface area contributed by atoms with Gasteiger partial charge in [-0.1, -0.05) is 90.9 Å². The van der Waals surface area contributed by atoms with Crippen LogP contribution in [0.1, 0.15) is 117 Å². The number of rotatable bonds is 10. The summed E-state index contributed by atoms with van der Waals surface area (Å²) in [6.45, 7) is 4.65. The Balaban J connectivity index is 1.60. The molecule has 0 heteroatoms. The monoisotopic (exact) mass is 306 g/mol. The first-order chi connectivity index (χ1) is 10.8. The minimum atomic E-state index is 1.10. The lowest BCUT2D eigenvalue weighted by Gasteiger charge is -2.42. The smallest absolute Gasteiger partial charge is 0.0383 e. The molecular formula is C22H42. The number of fused-ring (bicyclic) bond motifs is 1. The van der Waals surface area contributed by atoms with Crippen LogP contribution in [0.25, 0.3) is 0 Å². The van der Waals surface area contributed by atoms with Gasteiger partial charge in [-0.25, -0.2) is 0 Å². The third-order valence-electron chi connectivity index (χ3n) is 6.76. The summed E-state index contributed by atoms with van der Waals surface area (Å²) in [5.74, 6) is 4.44. The molecule has 0 aromatic carbocycles. The predicted molar refractivity (Wildman–Crippen MR) is 99.2 cm³/mol. The fraction of sp³-hybridized carbons (Fsp3) is 1.00. The van der Waals surface area contributed by atoms with Crippen LogP contribution in [0.2, 0.25) is 0 Å². The number of unbranched alkanes of at least 4 members (excludes halogenated alkanes) is 6. The van der Waals surface area contributed by atoms with Crippen LogP contribution in [-0.2, 0) is 0 Å². The van der Waals surface area contributed by atoms with E-state index in [1.165, 1.54) is 57.8 Å². The zero-order chi connectivity index (χ0) is 15.6. The van der Waals surface area contributed by atoms with Gasteiger partial charge >= 0.3 is 0 Å². The number of hydrogen-bond donors (Lipinski definition) is 0. The van der Waals surface area contributed by atoms with Crippen LogP contribution in [0.15, 0.2) is 0 Å². The van der Waals surface area contributed by atoms with Crippen molar-refractivity contribution in [3.63, 3.8) is 0 Å². The lowest BCUT2D eigenvalue weighted by molar-refractivity contribution is 0.0904. The molecule has 0 amide bonds. The van der Waals surface area contributed by atoms with Crippen molar-refractivity contribution < 1.29 is 0 Å². The molecule has 2 saturated carbocycles. The van der Waals surface area contributed by atoms with Gasteiger partial charge < -0.3 is 0 Å². The Morgan fingerprint density at radius 2 is 1.00 bits per heavy atom. The normalized spacial score (nSPS) is 31.9. The summed E-state index contributed by atoms with van der Waals surface area (Å²) in [5.41, 5.74) is 0. The Morgan fingerprint density at radius 1 is 0.545 bits per heavy atom. The first-order valence-electron chi connectivity index (χ1n) is 10.8.